The van der Waals surface area contributed by atoms with Crippen LogP contribution in [0.3, 0.4) is 0 Å². The highest BCUT2D eigenvalue weighted by Gasteiger charge is 2.20. The Labute approximate surface area is 75.6 Å². The van der Waals surface area contributed by atoms with Crippen molar-refractivity contribution < 1.29 is 5.11 Å². The van der Waals surface area contributed by atoms with Crippen molar-refractivity contribution in [1.29, 1.82) is 0 Å². The minimum Gasteiger partial charge on any atom is -0.393 e. The minimum atomic E-state index is -0.0577. The first-order chi connectivity index (χ1) is 5.68. The summed E-state index contributed by atoms with van der Waals surface area (Å²) >= 11 is 0. The van der Waals surface area contributed by atoms with Crippen LogP contribution in [0.2, 0.25) is 0 Å². The molecule has 0 amide bonds. The average Bonchev–Trinajstić information content (AvgIpc) is 1.93. The maximum absolute atomic E-state index is 9.61. The molecule has 1 saturated carbocycles. The predicted octanol–water partition coefficient (Wildman–Crippen LogP) is 1.49. The topological polar surface area (TPSA) is 23.5 Å². The lowest BCUT2D eigenvalue weighted by Gasteiger charge is -2.27. The molecular formula is C10H21NO. The second-order valence-corrected chi connectivity index (χ2v) is 4.28. The van der Waals surface area contributed by atoms with E-state index in [4.69, 9.17) is 0 Å². The third-order valence-corrected chi connectivity index (χ3v) is 2.74. The lowest BCUT2D eigenvalue weighted by Crippen LogP contribution is -2.23. The second kappa shape index (κ2) is 4.83. The highest BCUT2D eigenvalue weighted by atomic mass is 16.3. The highest BCUT2D eigenvalue weighted by Crippen LogP contribution is 2.30. The zero-order chi connectivity index (χ0) is 8.97. The molecule has 0 aromatic rings. The number of aliphatic hydroxyl groups is 1. The molecule has 0 radical (unpaired) electrons. The summed E-state index contributed by atoms with van der Waals surface area (Å²) in [4.78, 5) is 2.13. The number of hydrogen-bond donors (Lipinski definition) is 1. The Bertz CT molecular complexity index is 121. The molecule has 0 bridgehead atoms. The van der Waals surface area contributed by atoms with E-state index in [-0.39, 0.29) is 6.10 Å². The summed E-state index contributed by atoms with van der Waals surface area (Å²) in [6.45, 7) is 1.01. The third-order valence-electron chi connectivity index (χ3n) is 2.74. The van der Waals surface area contributed by atoms with Crippen LogP contribution >= 0.6 is 0 Å². The molecule has 72 valence electrons. The SMILES string of the molecule is CN(C)CCC(O)CC1CCC1. The van der Waals surface area contributed by atoms with Crippen molar-refractivity contribution >= 4 is 0 Å². The zero-order valence-electron chi connectivity index (χ0n) is 8.29. The van der Waals surface area contributed by atoms with Crippen LogP contribution in [0.4, 0.5) is 0 Å². The van der Waals surface area contributed by atoms with Crippen LogP contribution in [0.15, 0.2) is 0 Å². The molecule has 0 aliphatic heterocycles. The van der Waals surface area contributed by atoms with E-state index in [0.29, 0.717) is 0 Å². The first kappa shape index (κ1) is 10.0. The molecule has 1 aliphatic rings. The highest BCUT2D eigenvalue weighted by molar-refractivity contribution is 4.73. The molecule has 1 aliphatic carbocycles. The van der Waals surface area contributed by atoms with E-state index in [2.05, 4.69) is 19.0 Å². The first-order valence-electron chi connectivity index (χ1n) is 5.01. The van der Waals surface area contributed by atoms with E-state index < -0.39 is 0 Å². The van der Waals surface area contributed by atoms with Gasteiger partial charge in [0.2, 0.25) is 0 Å². The molecule has 0 saturated heterocycles. The molecule has 1 unspecified atom stereocenters. The monoisotopic (exact) mass is 171 g/mol. The van der Waals surface area contributed by atoms with Gasteiger partial charge in [-0.2, -0.15) is 0 Å². The summed E-state index contributed by atoms with van der Waals surface area (Å²) in [6, 6.07) is 0. The maximum Gasteiger partial charge on any atom is 0.0555 e. The van der Waals surface area contributed by atoms with Gasteiger partial charge < -0.3 is 10.0 Å². The van der Waals surface area contributed by atoms with Gasteiger partial charge in [0.1, 0.15) is 0 Å². The van der Waals surface area contributed by atoms with Crippen molar-refractivity contribution in [3.8, 4) is 0 Å². The van der Waals surface area contributed by atoms with E-state index in [1.165, 1.54) is 19.3 Å². The Kier molecular flexibility index (Phi) is 4.02. The number of nitrogens with zero attached hydrogens (tertiary/aromatic N) is 1. The minimum absolute atomic E-state index is 0.0577. The Morgan fingerprint density at radius 2 is 2.08 bits per heavy atom. The van der Waals surface area contributed by atoms with Gasteiger partial charge in [-0.3, -0.25) is 0 Å². The van der Waals surface area contributed by atoms with E-state index in [1.54, 1.807) is 0 Å². The molecule has 2 nitrogen and oxygen atoms in total. The summed E-state index contributed by atoms with van der Waals surface area (Å²) in [7, 11) is 4.10. The Balaban J connectivity index is 1.98. The smallest absolute Gasteiger partial charge is 0.0555 e. The molecule has 0 aromatic carbocycles. The van der Waals surface area contributed by atoms with Gasteiger partial charge in [-0.15, -0.1) is 0 Å². The van der Waals surface area contributed by atoms with E-state index in [1.807, 2.05) is 0 Å². The lowest BCUT2D eigenvalue weighted by atomic mass is 9.81. The van der Waals surface area contributed by atoms with Crippen molar-refractivity contribution in [3.63, 3.8) is 0 Å². The average molecular weight is 171 g/mol. The van der Waals surface area contributed by atoms with Gasteiger partial charge in [-0.05, 0) is 39.4 Å². The summed E-state index contributed by atoms with van der Waals surface area (Å²) in [6.07, 6.45) is 5.98. The molecule has 12 heavy (non-hydrogen) atoms. The summed E-state index contributed by atoms with van der Waals surface area (Å²) in [5.41, 5.74) is 0. The fourth-order valence-corrected chi connectivity index (χ4v) is 1.64. The Hall–Kier alpha value is -0.0800. The number of hydrogen-bond acceptors (Lipinski definition) is 2. The van der Waals surface area contributed by atoms with Crippen molar-refractivity contribution in [2.45, 2.75) is 38.2 Å². The fourth-order valence-electron chi connectivity index (χ4n) is 1.64. The van der Waals surface area contributed by atoms with Gasteiger partial charge in [0, 0.05) is 0 Å². The summed E-state index contributed by atoms with van der Waals surface area (Å²) in [5, 5.41) is 9.61. The van der Waals surface area contributed by atoms with Crippen molar-refractivity contribution in [2.75, 3.05) is 20.6 Å². The Morgan fingerprint density at radius 1 is 1.42 bits per heavy atom. The molecule has 0 spiro atoms. The van der Waals surface area contributed by atoms with Crippen LogP contribution in [0.5, 0.6) is 0 Å². The van der Waals surface area contributed by atoms with Crippen LogP contribution in [0.25, 0.3) is 0 Å². The third kappa shape index (κ3) is 3.55. The van der Waals surface area contributed by atoms with Crippen molar-refractivity contribution in [2.24, 2.45) is 5.92 Å². The standard InChI is InChI=1S/C10H21NO/c1-11(2)7-6-10(12)8-9-4-3-5-9/h9-10,12H,3-8H2,1-2H3. The van der Waals surface area contributed by atoms with Crippen LogP contribution in [0.1, 0.15) is 32.1 Å². The zero-order valence-corrected chi connectivity index (χ0v) is 8.29. The predicted molar refractivity (Wildman–Crippen MR) is 51.1 cm³/mol. The number of aliphatic hydroxyl groups excluding tert-OH is 1. The van der Waals surface area contributed by atoms with E-state index in [0.717, 1.165) is 25.3 Å². The molecule has 1 rings (SSSR count). The van der Waals surface area contributed by atoms with Gasteiger partial charge in [-0.25, -0.2) is 0 Å². The molecule has 1 N–H and O–H groups in total. The van der Waals surface area contributed by atoms with Crippen LogP contribution in [-0.2, 0) is 0 Å². The lowest BCUT2D eigenvalue weighted by molar-refractivity contribution is 0.102. The first-order valence-corrected chi connectivity index (χ1v) is 5.01. The Morgan fingerprint density at radius 3 is 2.50 bits per heavy atom. The summed E-state index contributed by atoms with van der Waals surface area (Å²) < 4.78 is 0. The van der Waals surface area contributed by atoms with Crippen molar-refractivity contribution in [1.82, 2.24) is 4.90 Å². The van der Waals surface area contributed by atoms with Crippen LogP contribution < -0.4 is 0 Å². The van der Waals surface area contributed by atoms with Gasteiger partial charge in [0.15, 0.2) is 0 Å². The normalized spacial score (nSPS) is 21.0. The van der Waals surface area contributed by atoms with Gasteiger partial charge in [-0.1, -0.05) is 19.3 Å². The molecular weight excluding hydrogens is 150 g/mol. The second-order valence-electron chi connectivity index (χ2n) is 4.28. The molecule has 0 aromatic heterocycles. The van der Waals surface area contributed by atoms with E-state index in [9.17, 15) is 5.11 Å². The van der Waals surface area contributed by atoms with E-state index >= 15 is 0 Å². The van der Waals surface area contributed by atoms with Crippen LogP contribution in [-0.4, -0.2) is 36.8 Å². The van der Waals surface area contributed by atoms with Gasteiger partial charge >= 0.3 is 0 Å². The van der Waals surface area contributed by atoms with Crippen LogP contribution in [0, 0.1) is 5.92 Å². The largest absolute Gasteiger partial charge is 0.393 e. The summed E-state index contributed by atoms with van der Waals surface area (Å²) in [5.74, 6) is 0.835. The van der Waals surface area contributed by atoms with Gasteiger partial charge in [0.05, 0.1) is 6.10 Å². The number of rotatable bonds is 5. The van der Waals surface area contributed by atoms with Crippen molar-refractivity contribution in [3.05, 3.63) is 0 Å². The maximum atomic E-state index is 9.61. The molecule has 0 heterocycles. The quantitative estimate of drug-likeness (QED) is 0.677. The fraction of sp³-hybridized carbons (Fsp3) is 1.00. The molecule has 2 heteroatoms. The molecule has 1 atom stereocenters. The molecule has 1 fully saturated rings. The van der Waals surface area contributed by atoms with Gasteiger partial charge in [0.25, 0.3) is 0 Å².